The van der Waals surface area contributed by atoms with Gasteiger partial charge in [-0.05, 0) is 64.4 Å². The molecule has 1 fully saturated rings. The molecule has 7 heteroatoms. The van der Waals surface area contributed by atoms with Crippen molar-refractivity contribution in [3.05, 3.63) is 38.6 Å². The van der Waals surface area contributed by atoms with Crippen molar-refractivity contribution in [3.63, 3.8) is 0 Å². The highest BCUT2D eigenvalue weighted by molar-refractivity contribution is 6.04. The number of nitrogens with one attached hydrogen (secondary N) is 1. The Morgan fingerprint density at radius 1 is 1.13 bits per heavy atom. The fraction of sp³-hybridized carbons (Fsp3) is 0.625. The van der Waals surface area contributed by atoms with Crippen molar-refractivity contribution in [2.75, 3.05) is 5.32 Å². The second-order valence-electron chi connectivity index (χ2n) is 9.47. The van der Waals surface area contributed by atoms with Crippen LogP contribution in [-0.4, -0.2) is 20.4 Å². The van der Waals surface area contributed by atoms with Gasteiger partial charge in [0.05, 0.1) is 11.7 Å². The summed E-state index contributed by atoms with van der Waals surface area (Å²) in [6.07, 6.45) is 8.59. The van der Waals surface area contributed by atoms with E-state index in [2.05, 4.69) is 24.3 Å². The molecule has 168 valence electrons. The molecule has 31 heavy (non-hydrogen) atoms. The summed E-state index contributed by atoms with van der Waals surface area (Å²) in [6, 6.07) is 0.194. The van der Waals surface area contributed by atoms with E-state index in [0.717, 1.165) is 61.8 Å². The van der Waals surface area contributed by atoms with E-state index in [1.54, 1.807) is 0 Å². The molecule has 2 heterocycles. The lowest BCUT2D eigenvalue weighted by Crippen LogP contribution is -2.29. The lowest BCUT2D eigenvalue weighted by Gasteiger charge is -2.24. The quantitative estimate of drug-likeness (QED) is 0.734. The van der Waals surface area contributed by atoms with E-state index in [1.807, 2.05) is 30.3 Å². The number of carbonyl (C=O) groups is 1. The van der Waals surface area contributed by atoms with E-state index in [9.17, 15) is 9.59 Å². The minimum atomic E-state index is -0.392. The highest BCUT2D eigenvalue weighted by atomic mass is 16.5. The van der Waals surface area contributed by atoms with Crippen molar-refractivity contribution in [1.82, 2.24) is 14.5 Å². The fourth-order valence-electron chi connectivity index (χ4n) is 5.27. The SMILES string of the molecule is CC1=C(c2onc(C(=O)Nc3c(C)n(C)n(C4CCCCC4)c3=O)c2C)CCC(C)C1. The van der Waals surface area contributed by atoms with Gasteiger partial charge in [0.25, 0.3) is 11.5 Å². The van der Waals surface area contributed by atoms with Crippen LogP contribution in [0, 0.1) is 19.8 Å². The molecule has 1 N–H and O–H groups in total. The van der Waals surface area contributed by atoms with Gasteiger partial charge in [0.15, 0.2) is 11.5 Å². The molecule has 1 amide bonds. The second-order valence-corrected chi connectivity index (χ2v) is 9.47. The van der Waals surface area contributed by atoms with Crippen LogP contribution in [0.2, 0.25) is 0 Å². The summed E-state index contributed by atoms with van der Waals surface area (Å²) in [4.78, 5) is 26.2. The normalized spacial score (nSPS) is 20.4. The van der Waals surface area contributed by atoms with E-state index in [-0.39, 0.29) is 17.3 Å². The van der Waals surface area contributed by atoms with Gasteiger partial charge in [-0.3, -0.25) is 14.3 Å². The summed E-state index contributed by atoms with van der Waals surface area (Å²) >= 11 is 0. The Morgan fingerprint density at radius 3 is 2.52 bits per heavy atom. The van der Waals surface area contributed by atoms with Crippen LogP contribution in [0.15, 0.2) is 14.9 Å². The minimum absolute atomic E-state index is 0.138. The highest BCUT2D eigenvalue weighted by Crippen LogP contribution is 2.37. The zero-order valence-corrected chi connectivity index (χ0v) is 19.4. The first-order chi connectivity index (χ1) is 14.8. The first kappa shape index (κ1) is 21.7. The number of rotatable bonds is 4. The predicted octanol–water partition coefficient (Wildman–Crippen LogP) is 5.14. The first-order valence-corrected chi connectivity index (χ1v) is 11.5. The van der Waals surface area contributed by atoms with Crippen LogP contribution in [0.25, 0.3) is 5.57 Å². The number of carbonyl (C=O) groups excluding carboxylic acids is 1. The van der Waals surface area contributed by atoms with Crippen molar-refractivity contribution >= 4 is 17.2 Å². The zero-order chi connectivity index (χ0) is 22.3. The molecule has 0 saturated heterocycles. The molecule has 2 aliphatic carbocycles. The Hall–Kier alpha value is -2.57. The maximum absolute atomic E-state index is 13.2. The van der Waals surface area contributed by atoms with Crippen LogP contribution < -0.4 is 10.9 Å². The topological polar surface area (TPSA) is 82.1 Å². The molecular weight excluding hydrogens is 392 g/mol. The van der Waals surface area contributed by atoms with Gasteiger partial charge in [0.1, 0.15) is 5.69 Å². The lowest BCUT2D eigenvalue weighted by atomic mass is 9.84. The van der Waals surface area contributed by atoms with Crippen molar-refractivity contribution in [3.8, 4) is 0 Å². The third-order valence-corrected chi connectivity index (χ3v) is 7.22. The van der Waals surface area contributed by atoms with Gasteiger partial charge in [-0.2, -0.15) is 0 Å². The number of hydrogen-bond donors (Lipinski definition) is 1. The number of hydrogen-bond acceptors (Lipinski definition) is 4. The van der Waals surface area contributed by atoms with Crippen molar-refractivity contribution in [2.24, 2.45) is 13.0 Å². The molecule has 7 nitrogen and oxygen atoms in total. The van der Waals surface area contributed by atoms with E-state index >= 15 is 0 Å². The van der Waals surface area contributed by atoms with Crippen molar-refractivity contribution < 1.29 is 9.32 Å². The maximum atomic E-state index is 13.2. The van der Waals surface area contributed by atoms with Crippen LogP contribution in [0.4, 0.5) is 5.69 Å². The van der Waals surface area contributed by atoms with Gasteiger partial charge in [-0.25, -0.2) is 4.68 Å². The van der Waals surface area contributed by atoms with Gasteiger partial charge in [0, 0.05) is 12.6 Å². The Morgan fingerprint density at radius 2 is 1.84 bits per heavy atom. The molecule has 1 atom stereocenters. The number of anilines is 1. The average molecular weight is 427 g/mol. The maximum Gasteiger partial charge on any atom is 0.291 e. The summed E-state index contributed by atoms with van der Waals surface area (Å²) < 4.78 is 9.32. The van der Waals surface area contributed by atoms with Gasteiger partial charge in [-0.1, -0.05) is 36.9 Å². The number of amides is 1. The number of allylic oxidation sites excluding steroid dienone is 2. The number of aromatic nitrogens is 3. The molecule has 1 saturated carbocycles. The van der Waals surface area contributed by atoms with E-state index in [1.165, 1.54) is 12.0 Å². The van der Waals surface area contributed by atoms with Gasteiger partial charge < -0.3 is 9.84 Å². The minimum Gasteiger partial charge on any atom is -0.356 e. The van der Waals surface area contributed by atoms with E-state index < -0.39 is 5.91 Å². The molecule has 1 unspecified atom stereocenters. The predicted molar refractivity (Wildman–Crippen MR) is 121 cm³/mol. The average Bonchev–Trinajstić information content (AvgIpc) is 3.22. The van der Waals surface area contributed by atoms with E-state index in [4.69, 9.17) is 4.52 Å². The third kappa shape index (κ3) is 3.90. The molecular formula is C24H34N4O3. The zero-order valence-electron chi connectivity index (χ0n) is 19.4. The van der Waals surface area contributed by atoms with Gasteiger partial charge in [-0.15, -0.1) is 0 Å². The second kappa shape index (κ2) is 8.52. The molecule has 0 bridgehead atoms. The summed E-state index contributed by atoms with van der Waals surface area (Å²) in [5.74, 6) is 0.984. The van der Waals surface area contributed by atoms with Gasteiger partial charge in [0.2, 0.25) is 0 Å². The Balaban J connectivity index is 1.61. The third-order valence-electron chi connectivity index (χ3n) is 7.22. The van der Waals surface area contributed by atoms with Crippen LogP contribution in [0.3, 0.4) is 0 Å². The Labute approximate surface area is 183 Å². The molecule has 2 aromatic rings. The molecule has 2 aromatic heterocycles. The first-order valence-electron chi connectivity index (χ1n) is 11.5. The molecule has 2 aliphatic rings. The molecule has 0 aromatic carbocycles. The summed E-state index contributed by atoms with van der Waals surface area (Å²) in [5.41, 5.74) is 4.41. The molecule has 0 radical (unpaired) electrons. The standard InChI is InChI=1S/C24H34N4O3/c1-14-11-12-19(15(2)13-14)22-16(3)20(26-31-22)23(29)25-21-17(4)27(5)28(24(21)30)18-9-7-6-8-10-18/h14,18H,6-13H2,1-5H3,(H,25,29). The highest BCUT2D eigenvalue weighted by Gasteiger charge is 2.28. The largest absolute Gasteiger partial charge is 0.356 e. The molecule has 0 spiro atoms. The summed E-state index contributed by atoms with van der Waals surface area (Å²) in [7, 11) is 1.89. The van der Waals surface area contributed by atoms with Crippen LogP contribution >= 0.6 is 0 Å². The van der Waals surface area contributed by atoms with Crippen molar-refractivity contribution in [1.29, 1.82) is 0 Å². The Kier molecular flexibility index (Phi) is 5.95. The van der Waals surface area contributed by atoms with Crippen LogP contribution in [0.1, 0.15) is 98.8 Å². The molecule has 4 rings (SSSR count). The monoisotopic (exact) mass is 426 g/mol. The van der Waals surface area contributed by atoms with Gasteiger partial charge >= 0.3 is 0 Å². The lowest BCUT2D eigenvalue weighted by molar-refractivity contribution is 0.101. The molecule has 0 aliphatic heterocycles. The Bertz CT molecular complexity index is 1080. The van der Waals surface area contributed by atoms with Crippen LogP contribution in [-0.2, 0) is 7.05 Å². The van der Waals surface area contributed by atoms with Crippen molar-refractivity contribution in [2.45, 2.75) is 85.1 Å². The van der Waals surface area contributed by atoms with Crippen LogP contribution in [0.5, 0.6) is 0 Å². The summed E-state index contributed by atoms with van der Waals surface area (Å²) in [6.45, 7) is 8.13. The number of nitrogens with zero attached hydrogens (tertiary/aromatic N) is 3. The fourth-order valence-corrected chi connectivity index (χ4v) is 5.27. The summed E-state index contributed by atoms with van der Waals surface area (Å²) in [5, 5.41) is 6.92. The smallest absolute Gasteiger partial charge is 0.291 e. The van der Waals surface area contributed by atoms with E-state index in [0.29, 0.717) is 17.4 Å².